The highest BCUT2D eigenvalue weighted by Gasteiger charge is 2.33. The Bertz CT molecular complexity index is 1300. The second-order valence-electron chi connectivity index (χ2n) is 8.98. The minimum absolute atomic E-state index is 0.133. The minimum atomic E-state index is -1.29. The molecule has 2 atom stereocenters. The summed E-state index contributed by atoms with van der Waals surface area (Å²) in [6.07, 6.45) is 0.239. The number of benzene rings is 2. The number of H-pyrrole nitrogens is 1. The molecule has 1 aliphatic heterocycles. The summed E-state index contributed by atoms with van der Waals surface area (Å²) in [6, 6.07) is 15.5. The number of ketones is 1. The number of rotatable bonds is 11. The van der Waals surface area contributed by atoms with Crippen molar-refractivity contribution in [2.75, 3.05) is 19.6 Å². The lowest BCUT2D eigenvalue weighted by molar-refractivity contribution is -0.140. The standard InChI is InChI=1S/C27H30N6O5/c1-2-19(31-25(36)21-14-18-10-6-7-11-20(18)30-21)24(35)32-22(16-33-13-12-28-27(33)38)23(34)26(37)29-15-17-8-4-3-5-9-17/h3-11,14,19,22,30H,2,12-13,15-16H2,1H3,(H,28,38)(H,29,37)(H,31,36)(H,32,35). The summed E-state index contributed by atoms with van der Waals surface area (Å²) in [5.74, 6) is -2.88. The number of fused-ring (bicyclic) bond motifs is 1. The number of urea groups is 1. The molecular formula is C27H30N6O5. The first-order valence-electron chi connectivity index (χ1n) is 12.4. The zero-order valence-corrected chi connectivity index (χ0v) is 21.0. The summed E-state index contributed by atoms with van der Waals surface area (Å²) in [7, 11) is 0. The third kappa shape index (κ3) is 6.36. The van der Waals surface area contributed by atoms with Crippen molar-refractivity contribution < 1.29 is 24.0 Å². The van der Waals surface area contributed by atoms with Crippen molar-refractivity contribution in [3.05, 3.63) is 71.9 Å². The first kappa shape index (κ1) is 26.4. The van der Waals surface area contributed by atoms with Crippen molar-refractivity contribution in [2.45, 2.75) is 32.0 Å². The lowest BCUT2D eigenvalue weighted by atomic mass is 10.1. The molecular weight excluding hydrogens is 488 g/mol. The van der Waals surface area contributed by atoms with Crippen LogP contribution in [0.3, 0.4) is 0 Å². The Labute approximate surface area is 219 Å². The van der Waals surface area contributed by atoms with E-state index in [0.29, 0.717) is 18.8 Å². The molecule has 1 saturated heterocycles. The Kier molecular flexibility index (Phi) is 8.37. The van der Waals surface area contributed by atoms with Crippen LogP contribution in [-0.4, -0.2) is 71.1 Å². The van der Waals surface area contributed by atoms with Gasteiger partial charge >= 0.3 is 6.03 Å². The smallest absolute Gasteiger partial charge is 0.317 e. The molecule has 0 bridgehead atoms. The molecule has 11 heteroatoms. The van der Waals surface area contributed by atoms with E-state index in [-0.39, 0.29) is 25.5 Å². The molecule has 1 aliphatic rings. The Morgan fingerprint density at radius 3 is 2.39 bits per heavy atom. The van der Waals surface area contributed by atoms with E-state index in [1.165, 1.54) is 4.90 Å². The van der Waals surface area contributed by atoms with Gasteiger partial charge in [0.1, 0.15) is 17.8 Å². The summed E-state index contributed by atoms with van der Waals surface area (Å²) in [5.41, 5.74) is 1.88. The number of carbonyl (C=O) groups is 5. The normalized spacial score (nSPS) is 14.4. The largest absolute Gasteiger partial charge is 0.351 e. The highest BCUT2D eigenvalue weighted by atomic mass is 16.2. The van der Waals surface area contributed by atoms with Gasteiger partial charge in [0.05, 0.1) is 6.54 Å². The van der Waals surface area contributed by atoms with Gasteiger partial charge in [-0.3, -0.25) is 19.2 Å². The maximum atomic E-state index is 13.1. The van der Waals surface area contributed by atoms with E-state index >= 15 is 0 Å². The number of hydrogen-bond donors (Lipinski definition) is 5. The van der Waals surface area contributed by atoms with Crippen LogP contribution in [0.5, 0.6) is 0 Å². The van der Waals surface area contributed by atoms with Gasteiger partial charge < -0.3 is 31.2 Å². The fraction of sp³-hybridized carbons (Fsp3) is 0.296. The van der Waals surface area contributed by atoms with Gasteiger partial charge in [-0.05, 0) is 24.1 Å². The molecule has 3 aromatic rings. The number of aromatic amines is 1. The first-order chi connectivity index (χ1) is 18.4. The van der Waals surface area contributed by atoms with E-state index in [1.807, 2.05) is 42.5 Å². The van der Waals surface area contributed by atoms with Gasteiger partial charge in [0.2, 0.25) is 11.7 Å². The molecule has 38 heavy (non-hydrogen) atoms. The molecule has 0 spiro atoms. The minimum Gasteiger partial charge on any atom is -0.351 e. The molecule has 4 rings (SSSR count). The number of amides is 5. The fourth-order valence-corrected chi connectivity index (χ4v) is 4.18. The Hall–Kier alpha value is -4.67. The van der Waals surface area contributed by atoms with Crippen LogP contribution in [0, 0.1) is 0 Å². The van der Waals surface area contributed by atoms with Crippen LogP contribution in [-0.2, 0) is 20.9 Å². The van der Waals surface area contributed by atoms with Crippen LogP contribution in [0.25, 0.3) is 10.9 Å². The predicted octanol–water partition coefficient (Wildman–Crippen LogP) is 1.07. The molecule has 198 valence electrons. The van der Waals surface area contributed by atoms with Crippen molar-refractivity contribution >= 4 is 40.4 Å². The number of Topliss-reactive ketones (excluding diaryl/α,β-unsaturated/α-hetero) is 1. The highest BCUT2D eigenvalue weighted by molar-refractivity contribution is 6.38. The van der Waals surface area contributed by atoms with Gasteiger partial charge in [0.25, 0.3) is 11.8 Å². The van der Waals surface area contributed by atoms with Crippen LogP contribution in [0.15, 0.2) is 60.7 Å². The van der Waals surface area contributed by atoms with E-state index in [9.17, 15) is 24.0 Å². The van der Waals surface area contributed by atoms with Crippen molar-refractivity contribution in [1.29, 1.82) is 0 Å². The van der Waals surface area contributed by atoms with E-state index in [2.05, 4.69) is 26.3 Å². The molecule has 1 fully saturated rings. The van der Waals surface area contributed by atoms with E-state index in [0.717, 1.165) is 16.5 Å². The van der Waals surface area contributed by atoms with Gasteiger partial charge in [-0.25, -0.2) is 4.79 Å². The summed E-state index contributed by atoms with van der Waals surface area (Å²) in [5, 5.41) is 11.3. The second-order valence-corrected chi connectivity index (χ2v) is 8.98. The van der Waals surface area contributed by atoms with Gasteiger partial charge in [0, 0.05) is 30.5 Å². The van der Waals surface area contributed by atoms with Gasteiger partial charge in [-0.15, -0.1) is 0 Å². The molecule has 0 radical (unpaired) electrons. The predicted molar refractivity (Wildman–Crippen MR) is 140 cm³/mol. The average molecular weight is 519 g/mol. The maximum absolute atomic E-state index is 13.1. The number of nitrogens with zero attached hydrogens (tertiary/aromatic N) is 1. The van der Waals surface area contributed by atoms with Crippen LogP contribution in [0.1, 0.15) is 29.4 Å². The average Bonchev–Trinajstić information content (AvgIpc) is 3.55. The topological polar surface area (TPSA) is 152 Å². The maximum Gasteiger partial charge on any atom is 0.317 e. The van der Waals surface area contributed by atoms with Crippen molar-refractivity contribution in [1.82, 2.24) is 31.2 Å². The summed E-state index contributed by atoms with van der Waals surface area (Å²) < 4.78 is 0. The fourth-order valence-electron chi connectivity index (χ4n) is 4.18. The third-order valence-corrected chi connectivity index (χ3v) is 6.31. The molecule has 2 aromatic carbocycles. The Morgan fingerprint density at radius 2 is 1.71 bits per heavy atom. The van der Waals surface area contributed by atoms with E-state index in [4.69, 9.17) is 0 Å². The number of nitrogens with one attached hydrogen (secondary N) is 5. The van der Waals surface area contributed by atoms with Crippen molar-refractivity contribution in [3.8, 4) is 0 Å². The van der Waals surface area contributed by atoms with Crippen molar-refractivity contribution in [2.24, 2.45) is 0 Å². The first-order valence-corrected chi connectivity index (χ1v) is 12.4. The summed E-state index contributed by atoms with van der Waals surface area (Å²) in [6.45, 7) is 2.40. The monoisotopic (exact) mass is 518 g/mol. The summed E-state index contributed by atoms with van der Waals surface area (Å²) in [4.78, 5) is 68.2. The molecule has 1 aromatic heterocycles. The zero-order chi connectivity index (χ0) is 27.1. The zero-order valence-electron chi connectivity index (χ0n) is 21.0. The lowest BCUT2D eigenvalue weighted by Crippen LogP contribution is -2.57. The highest BCUT2D eigenvalue weighted by Crippen LogP contribution is 2.15. The summed E-state index contributed by atoms with van der Waals surface area (Å²) >= 11 is 0. The number of carbonyl (C=O) groups excluding carboxylic acids is 5. The Morgan fingerprint density at radius 1 is 0.974 bits per heavy atom. The quantitative estimate of drug-likeness (QED) is 0.241. The molecule has 2 heterocycles. The van der Waals surface area contributed by atoms with Gasteiger partial charge in [-0.2, -0.15) is 0 Å². The number of aromatic nitrogens is 1. The molecule has 0 aliphatic carbocycles. The molecule has 2 unspecified atom stereocenters. The third-order valence-electron chi connectivity index (χ3n) is 6.31. The van der Waals surface area contributed by atoms with E-state index in [1.54, 1.807) is 25.1 Å². The van der Waals surface area contributed by atoms with Crippen molar-refractivity contribution in [3.63, 3.8) is 0 Å². The van der Waals surface area contributed by atoms with Crippen LogP contribution in [0.2, 0.25) is 0 Å². The molecule has 0 saturated carbocycles. The molecule has 5 N–H and O–H groups in total. The van der Waals surface area contributed by atoms with Gasteiger partial charge in [-0.1, -0.05) is 55.5 Å². The SMILES string of the molecule is CCC(NC(=O)c1cc2ccccc2[nH]1)C(=O)NC(CN1CCNC1=O)C(=O)C(=O)NCc1ccccc1. The number of hydrogen-bond acceptors (Lipinski definition) is 5. The molecule has 11 nitrogen and oxygen atoms in total. The van der Waals surface area contributed by atoms with Crippen LogP contribution >= 0.6 is 0 Å². The van der Waals surface area contributed by atoms with Crippen LogP contribution in [0.4, 0.5) is 4.79 Å². The van der Waals surface area contributed by atoms with E-state index < -0.39 is 35.6 Å². The van der Waals surface area contributed by atoms with Gasteiger partial charge in [0.15, 0.2) is 0 Å². The second kappa shape index (κ2) is 12.0. The molecule has 5 amide bonds. The Balaban J connectivity index is 1.43. The van der Waals surface area contributed by atoms with Crippen LogP contribution < -0.4 is 21.3 Å². The number of para-hydroxylation sites is 1. The lowest BCUT2D eigenvalue weighted by Gasteiger charge is -2.25.